The van der Waals surface area contributed by atoms with Crippen molar-refractivity contribution in [3.05, 3.63) is 35.6 Å². The molecule has 2 fully saturated rings. The van der Waals surface area contributed by atoms with Crippen LogP contribution in [0.4, 0.5) is 0 Å². The van der Waals surface area contributed by atoms with Gasteiger partial charge in [0.05, 0.1) is 6.10 Å². The summed E-state index contributed by atoms with van der Waals surface area (Å²) < 4.78 is 11.1. The summed E-state index contributed by atoms with van der Waals surface area (Å²) in [5.74, 6) is 1.38. The average Bonchev–Trinajstić information content (AvgIpc) is 2.96. The summed E-state index contributed by atoms with van der Waals surface area (Å²) in [5.41, 5.74) is 1.52. The Morgan fingerprint density at radius 3 is 3.10 bits per heavy atom. The number of aryl methyl sites for hydroxylation is 1. The Balaban J connectivity index is 1.51. The van der Waals surface area contributed by atoms with Crippen molar-refractivity contribution >= 4 is 16.9 Å². The Labute approximate surface area is 117 Å². The highest BCUT2D eigenvalue weighted by Crippen LogP contribution is 2.38. The second-order valence-electron chi connectivity index (χ2n) is 5.79. The van der Waals surface area contributed by atoms with E-state index in [2.05, 4.69) is 5.32 Å². The minimum absolute atomic E-state index is 0.00102. The maximum Gasteiger partial charge on any atom is 0.251 e. The predicted molar refractivity (Wildman–Crippen MR) is 74.7 cm³/mol. The van der Waals surface area contributed by atoms with Crippen LogP contribution >= 0.6 is 0 Å². The van der Waals surface area contributed by atoms with Crippen LogP contribution in [0, 0.1) is 12.8 Å². The third-order valence-corrected chi connectivity index (χ3v) is 4.48. The standard InChI is InChI=1S/C16H17NO3/c1-9-6-11-7-10(2-3-14(11)20-9)16(18)17-13-8-15-12(13)4-5-19-15/h2-3,6-7,12-13,15H,4-5,8H2,1H3,(H,17,18)/t12-,13+,15+/m0/s1. The van der Waals surface area contributed by atoms with E-state index >= 15 is 0 Å². The molecule has 1 aromatic carbocycles. The van der Waals surface area contributed by atoms with Gasteiger partial charge in [0, 0.05) is 29.5 Å². The maximum atomic E-state index is 12.3. The van der Waals surface area contributed by atoms with E-state index in [9.17, 15) is 4.79 Å². The normalized spacial score (nSPS) is 28.1. The summed E-state index contributed by atoms with van der Waals surface area (Å²) in [6, 6.07) is 7.80. The van der Waals surface area contributed by atoms with Gasteiger partial charge in [-0.1, -0.05) is 0 Å². The summed E-state index contributed by atoms with van der Waals surface area (Å²) in [7, 11) is 0. The number of carbonyl (C=O) groups excluding carboxylic acids is 1. The van der Waals surface area contributed by atoms with Crippen LogP contribution in [0.15, 0.2) is 28.7 Å². The molecule has 0 bridgehead atoms. The highest BCUT2D eigenvalue weighted by Gasteiger charge is 2.45. The molecular formula is C16H17NO3. The molecule has 1 aromatic heterocycles. The molecule has 20 heavy (non-hydrogen) atoms. The molecule has 1 aliphatic heterocycles. The van der Waals surface area contributed by atoms with Gasteiger partial charge in [0.1, 0.15) is 11.3 Å². The first-order valence-corrected chi connectivity index (χ1v) is 7.13. The van der Waals surface area contributed by atoms with Crippen molar-refractivity contribution in [2.45, 2.75) is 31.9 Å². The SMILES string of the molecule is Cc1cc2cc(C(=O)N[C@@H]3C[C@H]4OCC[C@@H]34)ccc2o1. The number of rotatable bonds is 2. The Kier molecular flexibility index (Phi) is 2.60. The number of carbonyl (C=O) groups is 1. The van der Waals surface area contributed by atoms with Crippen molar-refractivity contribution in [2.24, 2.45) is 5.92 Å². The fourth-order valence-electron chi connectivity index (χ4n) is 3.33. The van der Waals surface area contributed by atoms with Gasteiger partial charge < -0.3 is 14.5 Å². The molecule has 104 valence electrons. The van der Waals surface area contributed by atoms with Crippen LogP contribution in [0.25, 0.3) is 11.0 Å². The van der Waals surface area contributed by atoms with E-state index in [0.29, 0.717) is 17.6 Å². The van der Waals surface area contributed by atoms with Crippen LogP contribution in [0.2, 0.25) is 0 Å². The van der Waals surface area contributed by atoms with E-state index in [1.165, 1.54) is 0 Å². The lowest BCUT2D eigenvalue weighted by Crippen LogP contribution is -2.53. The van der Waals surface area contributed by atoms with Crippen molar-refractivity contribution in [2.75, 3.05) is 6.61 Å². The van der Waals surface area contributed by atoms with Gasteiger partial charge in [0.25, 0.3) is 5.91 Å². The van der Waals surface area contributed by atoms with E-state index in [1.807, 2.05) is 31.2 Å². The number of nitrogens with one attached hydrogen (secondary N) is 1. The third kappa shape index (κ3) is 1.83. The summed E-state index contributed by atoms with van der Waals surface area (Å²) in [6.45, 7) is 2.75. The van der Waals surface area contributed by atoms with Crippen molar-refractivity contribution in [1.82, 2.24) is 5.32 Å². The topological polar surface area (TPSA) is 51.5 Å². The highest BCUT2D eigenvalue weighted by molar-refractivity contribution is 5.98. The number of fused-ring (bicyclic) bond motifs is 2. The molecule has 1 saturated carbocycles. The van der Waals surface area contributed by atoms with Crippen molar-refractivity contribution < 1.29 is 13.9 Å². The van der Waals surface area contributed by atoms with Gasteiger partial charge in [-0.2, -0.15) is 0 Å². The monoisotopic (exact) mass is 271 g/mol. The first-order chi connectivity index (χ1) is 9.70. The quantitative estimate of drug-likeness (QED) is 0.913. The molecule has 1 amide bonds. The van der Waals surface area contributed by atoms with Crippen LogP contribution in [0.3, 0.4) is 0 Å². The molecule has 2 aromatic rings. The second kappa shape index (κ2) is 4.35. The molecule has 0 unspecified atom stereocenters. The predicted octanol–water partition coefficient (Wildman–Crippen LogP) is 2.65. The molecule has 2 aliphatic rings. The lowest BCUT2D eigenvalue weighted by molar-refractivity contribution is 0.00810. The largest absolute Gasteiger partial charge is 0.461 e. The van der Waals surface area contributed by atoms with Crippen molar-refractivity contribution in [1.29, 1.82) is 0 Å². The van der Waals surface area contributed by atoms with Gasteiger partial charge in [-0.3, -0.25) is 4.79 Å². The zero-order chi connectivity index (χ0) is 13.7. The molecule has 2 heterocycles. The Bertz CT molecular complexity index is 675. The lowest BCUT2D eigenvalue weighted by Gasteiger charge is -2.39. The van der Waals surface area contributed by atoms with Crippen LogP contribution in [-0.4, -0.2) is 24.7 Å². The zero-order valence-corrected chi connectivity index (χ0v) is 11.4. The molecule has 3 atom stereocenters. The highest BCUT2D eigenvalue weighted by atomic mass is 16.5. The molecule has 0 radical (unpaired) electrons. The minimum Gasteiger partial charge on any atom is -0.461 e. The smallest absolute Gasteiger partial charge is 0.251 e. The first-order valence-electron chi connectivity index (χ1n) is 7.13. The fraction of sp³-hybridized carbons (Fsp3) is 0.438. The number of furan rings is 1. The summed E-state index contributed by atoms with van der Waals surface area (Å²) >= 11 is 0. The average molecular weight is 271 g/mol. The second-order valence-corrected chi connectivity index (χ2v) is 5.79. The molecule has 4 rings (SSSR count). The number of ether oxygens (including phenoxy) is 1. The van der Waals surface area contributed by atoms with Crippen LogP contribution in [0.5, 0.6) is 0 Å². The fourth-order valence-corrected chi connectivity index (χ4v) is 3.33. The van der Waals surface area contributed by atoms with Crippen LogP contribution < -0.4 is 5.32 Å². The lowest BCUT2D eigenvalue weighted by atomic mass is 9.76. The molecule has 1 N–H and O–H groups in total. The maximum absolute atomic E-state index is 12.3. The number of hydrogen-bond donors (Lipinski definition) is 1. The summed E-state index contributed by atoms with van der Waals surface area (Å²) in [4.78, 5) is 12.3. The van der Waals surface area contributed by atoms with Gasteiger partial charge in [-0.05, 0) is 44.0 Å². The van der Waals surface area contributed by atoms with E-state index in [1.54, 1.807) is 0 Å². The first kappa shape index (κ1) is 12.0. The van der Waals surface area contributed by atoms with E-state index in [-0.39, 0.29) is 11.9 Å². The summed E-state index contributed by atoms with van der Waals surface area (Å²) in [5, 5.41) is 4.10. The van der Waals surface area contributed by atoms with Crippen molar-refractivity contribution in [3.63, 3.8) is 0 Å². The van der Waals surface area contributed by atoms with Crippen LogP contribution in [0.1, 0.15) is 29.0 Å². The third-order valence-electron chi connectivity index (χ3n) is 4.48. The number of hydrogen-bond acceptors (Lipinski definition) is 3. The van der Waals surface area contributed by atoms with Gasteiger partial charge in [0.15, 0.2) is 0 Å². The molecule has 1 saturated heterocycles. The molecule has 1 aliphatic carbocycles. The van der Waals surface area contributed by atoms with Gasteiger partial charge in [0.2, 0.25) is 0 Å². The Morgan fingerprint density at radius 2 is 2.25 bits per heavy atom. The van der Waals surface area contributed by atoms with Crippen molar-refractivity contribution in [3.8, 4) is 0 Å². The molecular weight excluding hydrogens is 254 g/mol. The van der Waals surface area contributed by atoms with E-state index in [0.717, 1.165) is 36.2 Å². The molecule has 4 nitrogen and oxygen atoms in total. The van der Waals surface area contributed by atoms with Gasteiger partial charge in [-0.25, -0.2) is 0 Å². The molecule has 4 heteroatoms. The number of benzene rings is 1. The zero-order valence-electron chi connectivity index (χ0n) is 11.4. The minimum atomic E-state index is 0.00102. The van der Waals surface area contributed by atoms with Crippen LogP contribution in [-0.2, 0) is 4.74 Å². The Hall–Kier alpha value is -1.81. The molecule has 0 spiro atoms. The van der Waals surface area contributed by atoms with Gasteiger partial charge >= 0.3 is 0 Å². The summed E-state index contributed by atoms with van der Waals surface area (Å²) in [6.07, 6.45) is 2.39. The van der Waals surface area contributed by atoms with E-state index < -0.39 is 0 Å². The van der Waals surface area contributed by atoms with Gasteiger partial charge in [-0.15, -0.1) is 0 Å². The van der Waals surface area contributed by atoms with E-state index in [4.69, 9.17) is 9.15 Å². The number of amides is 1. The Morgan fingerprint density at radius 1 is 1.35 bits per heavy atom.